The van der Waals surface area contributed by atoms with E-state index in [0.29, 0.717) is 11.0 Å². The van der Waals surface area contributed by atoms with E-state index in [4.69, 9.17) is 10.5 Å². The number of rotatable bonds is 5. The number of hydrogen-bond acceptors (Lipinski definition) is 3. The molecule has 3 N–H and O–H groups in total. The fraction of sp³-hybridized carbons (Fsp3) is 0.278. The summed E-state index contributed by atoms with van der Waals surface area (Å²) in [6.07, 6.45) is 0.929. The fourth-order valence-corrected chi connectivity index (χ4v) is 2.79. The van der Waals surface area contributed by atoms with Gasteiger partial charge in [0.05, 0.1) is 6.54 Å². The zero-order chi connectivity index (χ0) is 16.4. The predicted octanol–water partition coefficient (Wildman–Crippen LogP) is 3.66. The highest BCUT2D eigenvalue weighted by atomic mass is 16.5. The highest BCUT2D eigenvalue weighted by Gasteiger charge is 2.40. The highest BCUT2D eigenvalue weighted by Crippen LogP contribution is 2.48. The number of aryl methyl sites for hydroxylation is 1. The van der Waals surface area contributed by atoms with Gasteiger partial charge >= 0.3 is 6.03 Å². The third-order valence-electron chi connectivity index (χ3n) is 4.10. The number of hydroxylamine groups is 2. The zero-order valence-electron chi connectivity index (χ0n) is 13.0. The van der Waals surface area contributed by atoms with Gasteiger partial charge < -0.3 is 10.5 Å². The first-order valence-electron chi connectivity index (χ1n) is 7.63. The second-order valence-corrected chi connectivity index (χ2v) is 6.01. The van der Waals surface area contributed by atoms with Gasteiger partial charge in [-0.15, -0.1) is 0 Å². The molecule has 0 saturated heterocycles. The topological polar surface area (TPSA) is 75.8 Å². The molecule has 3 rings (SSSR count). The summed E-state index contributed by atoms with van der Waals surface area (Å²) in [6, 6.07) is 15.0. The Hall–Kier alpha value is -2.53. The van der Waals surface area contributed by atoms with Gasteiger partial charge in [0.2, 0.25) is 0 Å². The van der Waals surface area contributed by atoms with Crippen molar-refractivity contribution in [3.8, 4) is 11.5 Å². The molecule has 5 heteroatoms. The summed E-state index contributed by atoms with van der Waals surface area (Å²) in [5.74, 6) is 2.16. The van der Waals surface area contributed by atoms with Crippen LogP contribution < -0.4 is 10.5 Å². The Balaban J connectivity index is 1.66. The number of primary amides is 1. The maximum atomic E-state index is 10.9. The number of benzene rings is 2. The van der Waals surface area contributed by atoms with E-state index in [9.17, 15) is 10.0 Å². The van der Waals surface area contributed by atoms with Crippen LogP contribution in [0.3, 0.4) is 0 Å². The van der Waals surface area contributed by atoms with Crippen LogP contribution in [0, 0.1) is 12.8 Å². The summed E-state index contributed by atoms with van der Waals surface area (Å²) in [5.41, 5.74) is 7.33. The monoisotopic (exact) mass is 312 g/mol. The lowest BCUT2D eigenvalue weighted by atomic mass is 10.1. The Labute approximate surface area is 135 Å². The van der Waals surface area contributed by atoms with E-state index in [1.165, 1.54) is 0 Å². The molecule has 2 atom stereocenters. The molecule has 23 heavy (non-hydrogen) atoms. The number of urea groups is 1. The summed E-state index contributed by atoms with van der Waals surface area (Å²) in [7, 11) is 0. The van der Waals surface area contributed by atoms with Crippen molar-refractivity contribution in [3.05, 3.63) is 59.7 Å². The Morgan fingerprint density at radius 3 is 2.65 bits per heavy atom. The number of hydrogen-bond donors (Lipinski definition) is 2. The van der Waals surface area contributed by atoms with Gasteiger partial charge in [-0.3, -0.25) is 5.21 Å². The van der Waals surface area contributed by atoms with Gasteiger partial charge in [0.25, 0.3) is 0 Å². The van der Waals surface area contributed by atoms with Crippen LogP contribution in [0.25, 0.3) is 0 Å². The van der Waals surface area contributed by atoms with Crippen molar-refractivity contribution in [2.45, 2.75) is 19.3 Å². The molecule has 1 saturated carbocycles. The van der Waals surface area contributed by atoms with E-state index in [-0.39, 0.29) is 12.5 Å². The maximum absolute atomic E-state index is 10.9. The molecule has 0 radical (unpaired) electrons. The van der Waals surface area contributed by atoms with Crippen LogP contribution in [0.1, 0.15) is 23.5 Å². The quantitative estimate of drug-likeness (QED) is 0.653. The van der Waals surface area contributed by atoms with E-state index >= 15 is 0 Å². The summed E-state index contributed by atoms with van der Waals surface area (Å²) in [5, 5.41) is 9.99. The molecular weight excluding hydrogens is 292 g/mol. The largest absolute Gasteiger partial charge is 0.457 e. The van der Waals surface area contributed by atoms with E-state index in [1.54, 1.807) is 0 Å². The van der Waals surface area contributed by atoms with Crippen LogP contribution in [0.5, 0.6) is 11.5 Å². The first-order chi connectivity index (χ1) is 11.0. The molecule has 2 amide bonds. The lowest BCUT2D eigenvalue weighted by molar-refractivity contribution is -0.0431. The third-order valence-corrected chi connectivity index (χ3v) is 4.10. The second-order valence-electron chi connectivity index (χ2n) is 6.01. The summed E-state index contributed by atoms with van der Waals surface area (Å²) in [4.78, 5) is 10.9. The smallest absolute Gasteiger partial charge is 0.338 e. The van der Waals surface area contributed by atoms with Gasteiger partial charge in [-0.2, -0.15) is 0 Å². The number of amides is 2. The molecule has 0 heterocycles. The molecule has 2 aromatic rings. The molecule has 1 fully saturated rings. The minimum Gasteiger partial charge on any atom is -0.457 e. The Kier molecular flexibility index (Phi) is 4.21. The van der Waals surface area contributed by atoms with Crippen LogP contribution in [0.4, 0.5) is 4.79 Å². The van der Waals surface area contributed by atoms with Crippen LogP contribution >= 0.6 is 0 Å². The molecule has 0 aromatic heterocycles. The standard InChI is InChI=1S/C18H20N2O3/c1-12-4-2-6-15(8-12)23-16-7-3-5-13(9-16)17-10-14(17)11-20(22)18(19)21/h2-9,14,17,22H,10-11H2,1H3,(H2,19,21)/t14-,17-/m0/s1. The van der Waals surface area contributed by atoms with Gasteiger partial charge in [0, 0.05) is 0 Å². The number of ether oxygens (including phenoxy) is 1. The minimum atomic E-state index is -0.813. The number of nitrogens with zero attached hydrogens (tertiary/aromatic N) is 1. The van der Waals surface area contributed by atoms with Crippen LogP contribution in [0.15, 0.2) is 48.5 Å². The summed E-state index contributed by atoms with van der Waals surface area (Å²) >= 11 is 0. The van der Waals surface area contributed by atoms with Crippen molar-refractivity contribution < 1.29 is 14.7 Å². The Bertz CT molecular complexity index is 717. The normalized spacial score (nSPS) is 19.2. The zero-order valence-corrected chi connectivity index (χ0v) is 13.0. The Morgan fingerprint density at radius 1 is 1.26 bits per heavy atom. The lowest BCUT2D eigenvalue weighted by Gasteiger charge is -2.11. The van der Waals surface area contributed by atoms with Crippen molar-refractivity contribution in [3.63, 3.8) is 0 Å². The molecule has 1 aliphatic carbocycles. The number of carbonyl (C=O) groups excluding carboxylic acids is 1. The van der Waals surface area contributed by atoms with Gasteiger partial charge in [-0.1, -0.05) is 24.3 Å². The highest BCUT2D eigenvalue weighted by molar-refractivity contribution is 5.70. The van der Waals surface area contributed by atoms with Crippen LogP contribution in [0.2, 0.25) is 0 Å². The molecule has 2 aromatic carbocycles. The summed E-state index contributed by atoms with van der Waals surface area (Å²) < 4.78 is 5.90. The molecule has 0 bridgehead atoms. The first-order valence-corrected chi connectivity index (χ1v) is 7.63. The van der Waals surface area contributed by atoms with Gasteiger partial charge in [0.1, 0.15) is 11.5 Å². The average molecular weight is 312 g/mol. The SMILES string of the molecule is Cc1cccc(Oc2cccc([C@@H]3C[C@H]3CN(O)C(N)=O)c2)c1. The van der Waals surface area contributed by atoms with Gasteiger partial charge in [0.15, 0.2) is 0 Å². The van der Waals surface area contributed by atoms with Crippen molar-refractivity contribution in [1.82, 2.24) is 5.06 Å². The van der Waals surface area contributed by atoms with Crippen LogP contribution in [-0.2, 0) is 0 Å². The summed E-state index contributed by atoms with van der Waals surface area (Å²) in [6.45, 7) is 2.29. The fourth-order valence-electron chi connectivity index (χ4n) is 2.79. The molecule has 0 spiro atoms. The van der Waals surface area contributed by atoms with E-state index in [2.05, 4.69) is 0 Å². The van der Waals surface area contributed by atoms with E-state index in [1.807, 2.05) is 55.5 Å². The van der Waals surface area contributed by atoms with Gasteiger partial charge in [-0.05, 0) is 60.6 Å². The molecule has 1 aliphatic rings. The Morgan fingerprint density at radius 2 is 1.96 bits per heavy atom. The van der Waals surface area contributed by atoms with E-state index < -0.39 is 6.03 Å². The third kappa shape index (κ3) is 3.81. The maximum Gasteiger partial charge on any atom is 0.338 e. The minimum absolute atomic E-state index is 0.238. The van der Waals surface area contributed by atoms with Gasteiger partial charge in [-0.25, -0.2) is 9.86 Å². The van der Waals surface area contributed by atoms with Crippen LogP contribution in [-0.4, -0.2) is 22.8 Å². The molecule has 120 valence electrons. The van der Waals surface area contributed by atoms with Crippen molar-refractivity contribution in [1.29, 1.82) is 0 Å². The average Bonchev–Trinajstić information content (AvgIpc) is 3.26. The molecule has 5 nitrogen and oxygen atoms in total. The van der Waals surface area contributed by atoms with Crippen molar-refractivity contribution in [2.24, 2.45) is 11.7 Å². The van der Waals surface area contributed by atoms with Crippen molar-refractivity contribution >= 4 is 6.03 Å². The predicted molar refractivity (Wildman–Crippen MR) is 86.6 cm³/mol. The lowest BCUT2D eigenvalue weighted by Crippen LogP contribution is -2.34. The second kappa shape index (κ2) is 6.30. The number of carbonyl (C=O) groups is 1. The molecule has 0 unspecified atom stereocenters. The van der Waals surface area contributed by atoms with Crippen molar-refractivity contribution in [2.75, 3.05) is 6.54 Å². The first kappa shape index (κ1) is 15.4. The molecular formula is C18H20N2O3. The number of nitrogens with two attached hydrogens (primary N) is 1. The van der Waals surface area contributed by atoms with E-state index in [0.717, 1.165) is 29.0 Å². The molecule has 0 aliphatic heterocycles.